The summed E-state index contributed by atoms with van der Waals surface area (Å²) in [5.74, 6) is -0.196. The summed E-state index contributed by atoms with van der Waals surface area (Å²) in [5, 5.41) is 0. The highest BCUT2D eigenvalue weighted by Gasteiger charge is 2.31. The molecule has 128 valence electrons. The number of anilines is 1. The van der Waals surface area contributed by atoms with Crippen molar-refractivity contribution in [1.82, 2.24) is 14.5 Å². The van der Waals surface area contributed by atoms with Crippen LogP contribution < -0.4 is 17.0 Å². The molecule has 0 aliphatic carbocycles. The number of ketones is 1. The van der Waals surface area contributed by atoms with Gasteiger partial charge in [-0.1, -0.05) is 27.7 Å². The van der Waals surface area contributed by atoms with Crippen LogP contribution in [-0.4, -0.2) is 39.9 Å². The van der Waals surface area contributed by atoms with E-state index in [9.17, 15) is 14.4 Å². The summed E-state index contributed by atoms with van der Waals surface area (Å²) in [5.41, 5.74) is 4.77. The van der Waals surface area contributed by atoms with E-state index in [2.05, 4.69) is 18.8 Å². The van der Waals surface area contributed by atoms with Crippen LogP contribution >= 0.6 is 0 Å². The van der Waals surface area contributed by atoms with Crippen LogP contribution in [0.15, 0.2) is 9.59 Å². The number of H-pyrrole nitrogens is 1. The first kappa shape index (κ1) is 17.5. The second kappa shape index (κ2) is 6.31. The molecule has 0 atom stereocenters. The standard InChI is InChI=1S/C16H26N4O3/c1-10(2)7-20-13(17)12(14(22)18-15(20)23)11(21)8-19-6-5-16(3,4)9-19/h10H,5-9,17H2,1-4H3,(H,18,22,23). The molecule has 7 nitrogen and oxygen atoms in total. The van der Waals surface area contributed by atoms with E-state index < -0.39 is 11.2 Å². The SMILES string of the molecule is CC(C)Cn1c(N)c(C(=O)CN2CCC(C)(C)C2)c(=O)[nH]c1=O. The number of rotatable bonds is 5. The molecule has 23 heavy (non-hydrogen) atoms. The number of aromatic amines is 1. The number of hydrogen-bond donors (Lipinski definition) is 2. The predicted molar refractivity (Wildman–Crippen MR) is 89.7 cm³/mol. The van der Waals surface area contributed by atoms with Gasteiger partial charge in [0, 0.05) is 13.1 Å². The number of nitrogens with zero attached hydrogens (tertiary/aromatic N) is 2. The first-order valence-electron chi connectivity index (χ1n) is 7.99. The van der Waals surface area contributed by atoms with E-state index in [-0.39, 0.29) is 35.0 Å². The van der Waals surface area contributed by atoms with Gasteiger partial charge < -0.3 is 5.73 Å². The van der Waals surface area contributed by atoms with Crippen molar-refractivity contribution in [1.29, 1.82) is 0 Å². The number of aromatic nitrogens is 2. The van der Waals surface area contributed by atoms with Crippen LogP contribution in [0.2, 0.25) is 0 Å². The molecule has 1 fully saturated rings. The van der Waals surface area contributed by atoms with Crippen molar-refractivity contribution >= 4 is 11.6 Å². The monoisotopic (exact) mass is 322 g/mol. The van der Waals surface area contributed by atoms with Gasteiger partial charge in [0.2, 0.25) is 0 Å². The molecule has 7 heteroatoms. The lowest BCUT2D eigenvalue weighted by Crippen LogP contribution is -2.39. The van der Waals surface area contributed by atoms with Crippen LogP contribution in [-0.2, 0) is 6.54 Å². The van der Waals surface area contributed by atoms with Crippen LogP contribution in [0.1, 0.15) is 44.5 Å². The van der Waals surface area contributed by atoms with Crippen molar-refractivity contribution in [2.24, 2.45) is 11.3 Å². The maximum absolute atomic E-state index is 12.5. The fourth-order valence-electron chi connectivity index (χ4n) is 3.04. The van der Waals surface area contributed by atoms with Crippen molar-refractivity contribution < 1.29 is 4.79 Å². The van der Waals surface area contributed by atoms with Crippen LogP contribution in [0.5, 0.6) is 0 Å². The molecule has 0 radical (unpaired) electrons. The molecule has 2 rings (SSSR count). The van der Waals surface area contributed by atoms with E-state index in [1.807, 2.05) is 18.7 Å². The molecule has 0 unspecified atom stereocenters. The molecular weight excluding hydrogens is 296 g/mol. The Morgan fingerprint density at radius 3 is 2.52 bits per heavy atom. The van der Waals surface area contributed by atoms with Gasteiger partial charge in [0.25, 0.3) is 5.56 Å². The Labute approximate surface area is 135 Å². The molecule has 1 aromatic heterocycles. The number of carbonyl (C=O) groups is 1. The van der Waals surface area contributed by atoms with E-state index in [1.165, 1.54) is 4.57 Å². The zero-order valence-corrected chi connectivity index (χ0v) is 14.3. The molecule has 2 heterocycles. The van der Waals surface area contributed by atoms with Crippen molar-refractivity contribution in [3.05, 3.63) is 26.4 Å². The Balaban J connectivity index is 2.30. The van der Waals surface area contributed by atoms with Gasteiger partial charge in [-0.2, -0.15) is 0 Å². The van der Waals surface area contributed by atoms with E-state index in [0.29, 0.717) is 6.54 Å². The van der Waals surface area contributed by atoms with E-state index >= 15 is 0 Å². The van der Waals surface area contributed by atoms with Gasteiger partial charge in [-0.15, -0.1) is 0 Å². The number of hydrogen-bond acceptors (Lipinski definition) is 5. The largest absolute Gasteiger partial charge is 0.384 e. The maximum atomic E-state index is 12.5. The van der Waals surface area contributed by atoms with Crippen LogP contribution in [0.25, 0.3) is 0 Å². The normalized spacial score (nSPS) is 17.8. The Hall–Kier alpha value is -1.89. The summed E-state index contributed by atoms with van der Waals surface area (Å²) in [7, 11) is 0. The van der Waals surface area contributed by atoms with Gasteiger partial charge in [-0.25, -0.2) is 4.79 Å². The molecule has 0 saturated carbocycles. The summed E-state index contributed by atoms with van der Waals surface area (Å²) in [6.45, 7) is 10.3. The Bertz CT molecular complexity index is 715. The van der Waals surface area contributed by atoms with Crippen molar-refractivity contribution in [3.8, 4) is 0 Å². The maximum Gasteiger partial charge on any atom is 0.329 e. The van der Waals surface area contributed by atoms with Gasteiger partial charge in [-0.3, -0.25) is 24.0 Å². The Morgan fingerprint density at radius 2 is 2.00 bits per heavy atom. The highest BCUT2D eigenvalue weighted by Crippen LogP contribution is 2.28. The molecule has 0 aromatic carbocycles. The molecule has 0 amide bonds. The number of Topliss-reactive ketones (excluding diaryl/α,β-unsaturated/α-hetero) is 1. The molecule has 3 N–H and O–H groups in total. The lowest BCUT2D eigenvalue weighted by atomic mass is 9.93. The fraction of sp³-hybridized carbons (Fsp3) is 0.688. The van der Waals surface area contributed by atoms with Crippen LogP contribution in [0.4, 0.5) is 5.82 Å². The Kier molecular flexibility index (Phi) is 4.79. The van der Waals surface area contributed by atoms with Gasteiger partial charge in [0.15, 0.2) is 5.78 Å². The summed E-state index contributed by atoms with van der Waals surface area (Å²) >= 11 is 0. The van der Waals surface area contributed by atoms with Crippen LogP contribution in [0.3, 0.4) is 0 Å². The average molecular weight is 322 g/mol. The third-order valence-electron chi connectivity index (χ3n) is 4.19. The molecule has 1 saturated heterocycles. The summed E-state index contributed by atoms with van der Waals surface area (Å²) in [4.78, 5) is 40.7. The second-order valence-corrected chi connectivity index (χ2v) is 7.57. The minimum atomic E-state index is -0.698. The average Bonchev–Trinajstić information content (AvgIpc) is 2.73. The third-order valence-corrected chi connectivity index (χ3v) is 4.19. The molecule has 0 spiro atoms. The first-order valence-corrected chi connectivity index (χ1v) is 7.99. The quantitative estimate of drug-likeness (QED) is 0.777. The smallest absolute Gasteiger partial charge is 0.329 e. The number of likely N-dealkylation sites (tertiary alicyclic amines) is 1. The minimum Gasteiger partial charge on any atom is -0.384 e. The minimum absolute atomic E-state index is 0.0316. The molecule has 0 bridgehead atoms. The second-order valence-electron chi connectivity index (χ2n) is 7.57. The molecule has 1 aromatic rings. The summed E-state index contributed by atoms with van der Waals surface area (Å²) < 4.78 is 1.27. The summed E-state index contributed by atoms with van der Waals surface area (Å²) in [6.07, 6.45) is 1.01. The van der Waals surface area contributed by atoms with Gasteiger partial charge in [0.05, 0.1) is 6.54 Å². The summed E-state index contributed by atoms with van der Waals surface area (Å²) in [6, 6.07) is 0. The Morgan fingerprint density at radius 1 is 1.35 bits per heavy atom. The predicted octanol–water partition coefficient (Wildman–Crippen LogP) is 0.689. The van der Waals surface area contributed by atoms with Crippen molar-refractivity contribution in [2.45, 2.75) is 40.7 Å². The number of carbonyl (C=O) groups excluding carboxylic acids is 1. The van der Waals surface area contributed by atoms with Gasteiger partial charge >= 0.3 is 5.69 Å². The number of nitrogens with two attached hydrogens (primary N) is 1. The molecular formula is C16H26N4O3. The van der Waals surface area contributed by atoms with E-state index in [0.717, 1.165) is 19.5 Å². The van der Waals surface area contributed by atoms with Crippen LogP contribution in [0, 0.1) is 11.3 Å². The van der Waals surface area contributed by atoms with Crippen molar-refractivity contribution in [3.63, 3.8) is 0 Å². The highest BCUT2D eigenvalue weighted by atomic mass is 16.2. The zero-order valence-electron chi connectivity index (χ0n) is 14.3. The zero-order chi connectivity index (χ0) is 17.4. The number of nitrogens with one attached hydrogen (secondary N) is 1. The molecule has 1 aliphatic rings. The highest BCUT2D eigenvalue weighted by molar-refractivity contribution is 6.01. The fourth-order valence-corrected chi connectivity index (χ4v) is 3.04. The lowest BCUT2D eigenvalue weighted by Gasteiger charge is -2.19. The van der Waals surface area contributed by atoms with Gasteiger partial charge in [0.1, 0.15) is 11.4 Å². The van der Waals surface area contributed by atoms with Crippen molar-refractivity contribution in [2.75, 3.05) is 25.4 Å². The topological polar surface area (TPSA) is 101 Å². The number of nitrogen functional groups attached to an aromatic ring is 1. The van der Waals surface area contributed by atoms with E-state index in [4.69, 9.17) is 5.73 Å². The first-order chi connectivity index (χ1) is 10.6. The van der Waals surface area contributed by atoms with E-state index in [1.54, 1.807) is 0 Å². The third kappa shape index (κ3) is 3.90. The molecule has 1 aliphatic heterocycles. The van der Waals surface area contributed by atoms with Gasteiger partial charge in [-0.05, 0) is 24.3 Å². The lowest BCUT2D eigenvalue weighted by molar-refractivity contribution is 0.0938.